The Morgan fingerprint density at radius 2 is 1.65 bits per heavy atom. The Bertz CT molecular complexity index is 364. The largest absolute Gasteiger partial charge is 0.481 e. The van der Waals surface area contributed by atoms with Gasteiger partial charge in [-0.2, -0.15) is 0 Å². The molecule has 5 nitrogen and oxygen atoms in total. The van der Waals surface area contributed by atoms with Gasteiger partial charge in [0, 0.05) is 31.1 Å². The number of hydrogen-bond acceptors (Lipinski definition) is 3. The molecule has 0 aromatic carbocycles. The molecule has 0 saturated carbocycles. The SMILES string of the molecule is CC(C)(CC(=O)NC1CCN(C(C)(C)C)CC1)C(=O)O. The summed E-state index contributed by atoms with van der Waals surface area (Å²) in [4.78, 5) is 25.4. The fourth-order valence-corrected chi connectivity index (χ4v) is 2.45. The lowest BCUT2D eigenvalue weighted by Crippen LogP contribution is -2.51. The van der Waals surface area contributed by atoms with Gasteiger partial charge in [0.2, 0.25) is 5.91 Å². The van der Waals surface area contributed by atoms with Crippen LogP contribution in [-0.4, -0.2) is 46.6 Å². The summed E-state index contributed by atoms with van der Waals surface area (Å²) in [6.07, 6.45) is 1.88. The second-order valence-electron chi connectivity index (χ2n) is 7.37. The second-order valence-corrected chi connectivity index (χ2v) is 7.37. The van der Waals surface area contributed by atoms with E-state index in [-0.39, 0.29) is 23.9 Å². The van der Waals surface area contributed by atoms with E-state index in [9.17, 15) is 9.59 Å². The highest BCUT2D eigenvalue weighted by Crippen LogP contribution is 2.22. The van der Waals surface area contributed by atoms with Crippen molar-refractivity contribution in [2.75, 3.05) is 13.1 Å². The van der Waals surface area contributed by atoms with Gasteiger partial charge >= 0.3 is 5.97 Å². The van der Waals surface area contributed by atoms with Gasteiger partial charge in [-0.05, 0) is 47.5 Å². The molecule has 1 saturated heterocycles. The molecule has 5 heteroatoms. The summed E-state index contributed by atoms with van der Waals surface area (Å²) in [5, 5.41) is 12.0. The first kappa shape index (κ1) is 17.0. The molecule has 0 unspecified atom stereocenters. The minimum Gasteiger partial charge on any atom is -0.481 e. The molecule has 0 aromatic rings. The van der Waals surface area contributed by atoms with E-state index in [4.69, 9.17) is 5.11 Å². The van der Waals surface area contributed by atoms with Crippen molar-refractivity contribution in [3.63, 3.8) is 0 Å². The average Bonchev–Trinajstić information content (AvgIpc) is 2.27. The first-order chi connectivity index (χ1) is 9.02. The molecule has 0 aliphatic carbocycles. The molecule has 0 radical (unpaired) electrons. The summed E-state index contributed by atoms with van der Waals surface area (Å²) < 4.78 is 0. The van der Waals surface area contributed by atoms with Crippen molar-refractivity contribution < 1.29 is 14.7 Å². The summed E-state index contributed by atoms with van der Waals surface area (Å²) in [6, 6.07) is 0.172. The molecule has 116 valence electrons. The Balaban J connectivity index is 2.41. The molecular weight excluding hydrogens is 256 g/mol. The van der Waals surface area contributed by atoms with Crippen molar-refractivity contribution in [3.05, 3.63) is 0 Å². The molecule has 1 aliphatic heterocycles. The smallest absolute Gasteiger partial charge is 0.309 e. The van der Waals surface area contributed by atoms with Crippen LogP contribution in [0.4, 0.5) is 0 Å². The first-order valence-electron chi connectivity index (χ1n) is 7.30. The number of carbonyl (C=O) groups excluding carboxylic acids is 1. The predicted molar refractivity (Wildman–Crippen MR) is 78.5 cm³/mol. The predicted octanol–water partition coefficient (Wildman–Crippen LogP) is 1.87. The third-order valence-electron chi connectivity index (χ3n) is 3.99. The van der Waals surface area contributed by atoms with Crippen LogP contribution in [0.1, 0.15) is 53.9 Å². The van der Waals surface area contributed by atoms with Crippen LogP contribution in [0.25, 0.3) is 0 Å². The molecular formula is C15H28N2O3. The van der Waals surface area contributed by atoms with Crippen LogP contribution in [0.15, 0.2) is 0 Å². The van der Waals surface area contributed by atoms with Crippen LogP contribution >= 0.6 is 0 Å². The molecule has 1 fully saturated rings. The second kappa shape index (κ2) is 6.12. The third kappa shape index (κ3) is 4.78. The van der Waals surface area contributed by atoms with Crippen molar-refractivity contribution in [1.29, 1.82) is 0 Å². The lowest BCUT2D eigenvalue weighted by Gasteiger charge is -2.41. The van der Waals surface area contributed by atoms with Crippen LogP contribution in [0, 0.1) is 5.41 Å². The summed E-state index contributed by atoms with van der Waals surface area (Å²) in [5.74, 6) is -1.10. The van der Waals surface area contributed by atoms with E-state index in [0.717, 1.165) is 25.9 Å². The summed E-state index contributed by atoms with van der Waals surface area (Å²) in [7, 11) is 0. The highest BCUT2D eigenvalue weighted by atomic mass is 16.4. The highest BCUT2D eigenvalue weighted by molar-refractivity contribution is 5.84. The molecule has 0 spiro atoms. The summed E-state index contributed by atoms with van der Waals surface area (Å²) in [6.45, 7) is 11.7. The molecule has 0 bridgehead atoms. The van der Waals surface area contributed by atoms with E-state index in [0.29, 0.717) is 0 Å². The maximum absolute atomic E-state index is 11.9. The summed E-state index contributed by atoms with van der Waals surface area (Å²) >= 11 is 0. The zero-order chi connectivity index (χ0) is 15.6. The van der Waals surface area contributed by atoms with Crippen molar-refractivity contribution in [1.82, 2.24) is 10.2 Å². The Morgan fingerprint density at radius 3 is 2.05 bits per heavy atom. The Morgan fingerprint density at radius 1 is 1.15 bits per heavy atom. The molecule has 0 atom stereocenters. The van der Waals surface area contributed by atoms with E-state index < -0.39 is 11.4 Å². The number of piperidine rings is 1. The maximum Gasteiger partial charge on any atom is 0.309 e. The van der Waals surface area contributed by atoms with Crippen LogP contribution in [0.3, 0.4) is 0 Å². The van der Waals surface area contributed by atoms with Crippen molar-refractivity contribution in [2.24, 2.45) is 5.41 Å². The quantitative estimate of drug-likeness (QED) is 0.827. The number of likely N-dealkylation sites (tertiary alicyclic amines) is 1. The van der Waals surface area contributed by atoms with E-state index in [2.05, 4.69) is 31.0 Å². The third-order valence-corrected chi connectivity index (χ3v) is 3.99. The maximum atomic E-state index is 11.9. The van der Waals surface area contributed by atoms with Crippen molar-refractivity contribution in [2.45, 2.75) is 65.5 Å². The number of carbonyl (C=O) groups is 2. The van der Waals surface area contributed by atoms with Crippen LogP contribution < -0.4 is 5.32 Å². The fourth-order valence-electron chi connectivity index (χ4n) is 2.45. The van der Waals surface area contributed by atoms with Gasteiger partial charge in [-0.3, -0.25) is 14.5 Å². The Hall–Kier alpha value is -1.10. The van der Waals surface area contributed by atoms with E-state index in [1.165, 1.54) is 0 Å². The van der Waals surface area contributed by atoms with E-state index >= 15 is 0 Å². The number of amides is 1. The molecule has 0 aromatic heterocycles. The number of carboxylic acids is 1. The number of rotatable bonds is 4. The zero-order valence-electron chi connectivity index (χ0n) is 13.3. The van der Waals surface area contributed by atoms with E-state index in [1.54, 1.807) is 13.8 Å². The number of nitrogens with zero attached hydrogens (tertiary/aromatic N) is 1. The van der Waals surface area contributed by atoms with Crippen molar-refractivity contribution in [3.8, 4) is 0 Å². The molecule has 1 rings (SSSR count). The van der Waals surface area contributed by atoms with Crippen LogP contribution in [0.2, 0.25) is 0 Å². The van der Waals surface area contributed by atoms with Gasteiger partial charge in [0.25, 0.3) is 0 Å². The molecule has 20 heavy (non-hydrogen) atoms. The highest BCUT2D eigenvalue weighted by Gasteiger charge is 2.32. The first-order valence-corrected chi connectivity index (χ1v) is 7.30. The van der Waals surface area contributed by atoms with Gasteiger partial charge < -0.3 is 10.4 Å². The Labute approximate surface area is 121 Å². The zero-order valence-corrected chi connectivity index (χ0v) is 13.3. The van der Waals surface area contributed by atoms with Gasteiger partial charge in [-0.1, -0.05) is 0 Å². The van der Waals surface area contributed by atoms with Crippen LogP contribution in [-0.2, 0) is 9.59 Å². The van der Waals surface area contributed by atoms with Gasteiger partial charge in [0.15, 0.2) is 0 Å². The number of hydrogen-bond donors (Lipinski definition) is 2. The van der Waals surface area contributed by atoms with Gasteiger partial charge in [-0.15, -0.1) is 0 Å². The number of nitrogens with one attached hydrogen (secondary N) is 1. The topological polar surface area (TPSA) is 69.6 Å². The van der Waals surface area contributed by atoms with Crippen LogP contribution in [0.5, 0.6) is 0 Å². The standard InChI is InChI=1S/C15H28N2O3/c1-14(2,3)17-8-6-11(7-9-17)16-12(18)10-15(4,5)13(19)20/h11H,6-10H2,1-5H3,(H,16,18)(H,19,20). The fraction of sp³-hybridized carbons (Fsp3) is 0.867. The molecule has 2 N–H and O–H groups in total. The molecule has 1 amide bonds. The van der Waals surface area contributed by atoms with E-state index in [1.807, 2.05) is 0 Å². The molecule has 1 aliphatic rings. The Kier molecular flexibility index (Phi) is 5.19. The minimum absolute atomic E-state index is 0.0296. The lowest BCUT2D eigenvalue weighted by molar-refractivity contribution is -0.149. The summed E-state index contributed by atoms with van der Waals surface area (Å²) in [5.41, 5.74) is -0.837. The number of carboxylic acid groups (broad SMARTS) is 1. The minimum atomic E-state index is -1.00. The number of aliphatic carboxylic acids is 1. The van der Waals surface area contributed by atoms with Gasteiger partial charge in [0.05, 0.1) is 5.41 Å². The van der Waals surface area contributed by atoms with Gasteiger partial charge in [-0.25, -0.2) is 0 Å². The average molecular weight is 284 g/mol. The molecule has 1 heterocycles. The lowest BCUT2D eigenvalue weighted by atomic mass is 9.89. The van der Waals surface area contributed by atoms with Crippen molar-refractivity contribution >= 4 is 11.9 Å². The monoisotopic (exact) mass is 284 g/mol. The van der Waals surface area contributed by atoms with Gasteiger partial charge in [0.1, 0.15) is 0 Å². The normalized spacial score (nSPS) is 18.9.